The molecule has 3 nitrogen and oxygen atoms in total. The topological polar surface area (TPSA) is 30.7 Å². The minimum atomic E-state index is -0.275. The van der Waals surface area contributed by atoms with Gasteiger partial charge in [-0.25, -0.2) is 4.79 Å². The number of nitrogens with one attached hydrogen (secondary N) is 1. The molecular weight excluding hydrogens is 250 g/mol. The number of hydrogen-bond donors (Lipinski definition) is 1. The number of esters is 1. The Morgan fingerprint density at radius 1 is 1.28 bits per heavy atom. The molecule has 1 aromatic rings. The maximum Gasteiger partial charge on any atom is 0.330 e. The maximum absolute atomic E-state index is 11.3. The van der Waals surface area contributed by atoms with E-state index in [1.807, 2.05) is 30.3 Å². The molecule has 0 aliphatic carbocycles. The normalized spacial score (nSPS) is 10.4. The predicted octanol–water partition coefficient (Wildman–Crippen LogP) is -2.22. The van der Waals surface area contributed by atoms with E-state index in [1.54, 1.807) is 6.08 Å². The van der Waals surface area contributed by atoms with E-state index in [0.717, 1.165) is 18.5 Å². The number of halogens is 1. The molecule has 0 fully saturated rings. The SMILES string of the molecule is C[NH+](C)CCCOC(=O)C=Cc1ccccc1.[Cl-]. The van der Waals surface area contributed by atoms with Crippen LogP contribution >= 0.6 is 0 Å². The van der Waals surface area contributed by atoms with Gasteiger partial charge in [0.15, 0.2) is 0 Å². The van der Waals surface area contributed by atoms with E-state index in [1.165, 1.54) is 11.0 Å². The first kappa shape index (κ1) is 16.7. The summed E-state index contributed by atoms with van der Waals surface area (Å²) in [6, 6.07) is 9.70. The maximum atomic E-state index is 11.3. The fourth-order valence-electron chi connectivity index (χ4n) is 1.38. The van der Waals surface area contributed by atoms with Crippen LogP contribution in [0.25, 0.3) is 6.08 Å². The number of quaternary nitrogens is 1. The molecular formula is C14H20ClNO2. The Morgan fingerprint density at radius 2 is 1.94 bits per heavy atom. The number of hydrogen-bond acceptors (Lipinski definition) is 2. The van der Waals surface area contributed by atoms with Crippen molar-refractivity contribution < 1.29 is 26.8 Å². The van der Waals surface area contributed by atoms with E-state index in [2.05, 4.69) is 14.1 Å². The highest BCUT2D eigenvalue weighted by atomic mass is 35.5. The first-order valence-electron chi connectivity index (χ1n) is 5.87. The average Bonchev–Trinajstić information content (AvgIpc) is 2.33. The third kappa shape index (κ3) is 7.87. The lowest BCUT2D eigenvalue weighted by Gasteiger charge is -2.06. The second-order valence-corrected chi connectivity index (χ2v) is 4.22. The molecule has 0 radical (unpaired) electrons. The van der Waals surface area contributed by atoms with E-state index in [4.69, 9.17) is 4.74 Å². The minimum absolute atomic E-state index is 0. The van der Waals surface area contributed by atoms with Crippen LogP contribution in [-0.2, 0) is 9.53 Å². The molecule has 1 aromatic carbocycles. The first-order chi connectivity index (χ1) is 8.18. The molecule has 1 rings (SSSR count). The second kappa shape index (κ2) is 9.68. The fourth-order valence-corrected chi connectivity index (χ4v) is 1.38. The van der Waals surface area contributed by atoms with Crippen molar-refractivity contribution in [1.29, 1.82) is 0 Å². The van der Waals surface area contributed by atoms with Crippen LogP contribution in [0.5, 0.6) is 0 Å². The number of carbonyl (C=O) groups is 1. The summed E-state index contributed by atoms with van der Waals surface area (Å²) in [4.78, 5) is 12.7. The Kier molecular flexibility index (Phi) is 8.97. The van der Waals surface area contributed by atoms with Gasteiger partial charge in [-0.2, -0.15) is 0 Å². The van der Waals surface area contributed by atoms with E-state index in [0.29, 0.717) is 6.61 Å². The second-order valence-electron chi connectivity index (χ2n) is 4.22. The van der Waals surface area contributed by atoms with Crippen molar-refractivity contribution in [1.82, 2.24) is 0 Å². The Labute approximate surface area is 115 Å². The Hall–Kier alpha value is -1.32. The van der Waals surface area contributed by atoms with Gasteiger partial charge >= 0.3 is 5.97 Å². The van der Waals surface area contributed by atoms with Crippen LogP contribution in [0.3, 0.4) is 0 Å². The lowest BCUT2D eigenvalue weighted by atomic mass is 10.2. The van der Waals surface area contributed by atoms with Gasteiger partial charge in [0, 0.05) is 12.5 Å². The fraction of sp³-hybridized carbons (Fsp3) is 0.357. The van der Waals surface area contributed by atoms with E-state index >= 15 is 0 Å². The molecule has 0 saturated heterocycles. The van der Waals surface area contributed by atoms with E-state index < -0.39 is 0 Å². The highest BCUT2D eigenvalue weighted by Crippen LogP contribution is 2.00. The summed E-state index contributed by atoms with van der Waals surface area (Å²) in [6.45, 7) is 1.50. The monoisotopic (exact) mass is 269 g/mol. The summed E-state index contributed by atoms with van der Waals surface area (Å²) in [6.07, 6.45) is 4.13. The lowest BCUT2D eigenvalue weighted by Crippen LogP contribution is -3.05. The number of rotatable bonds is 6. The van der Waals surface area contributed by atoms with Crippen molar-refractivity contribution >= 4 is 12.0 Å². The molecule has 18 heavy (non-hydrogen) atoms. The lowest BCUT2D eigenvalue weighted by molar-refractivity contribution is -0.858. The molecule has 0 saturated carbocycles. The molecule has 0 spiro atoms. The molecule has 0 atom stereocenters. The minimum Gasteiger partial charge on any atom is -1.00 e. The quantitative estimate of drug-likeness (QED) is 0.360. The van der Waals surface area contributed by atoms with Crippen LogP contribution in [0.2, 0.25) is 0 Å². The van der Waals surface area contributed by atoms with Crippen molar-refractivity contribution in [2.45, 2.75) is 6.42 Å². The third-order valence-corrected chi connectivity index (χ3v) is 2.28. The van der Waals surface area contributed by atoms with Gasteiger partial charge in [-0.3, -0.25) is 0 Å². The zero-order chi connectivity index (χ0) is 12.5. The molecule has 0 aliphatic heterocycles. The summed E-state index contributed by atoms with van der Waals surface area (Å²) >= 11 is 0. The van der Waals surface area contributed by atoms with Crippen molar-refractivity contribution in [3.05, 3.63) is 42.0 Å². The molecule has 0 heterocycles. The Bertz CT molecular complexity index is 363. The number of carbonyl (C=O) groups excluding carboxylic acids is 1. The summed E-state index contributed by atoms with van der Waals surface area (Å²) in [5.41, 5.74) is 1.00. The van der Waals surface area contributed by atoms with Crippen LogP contribution in [0.15, 0.2) is 36.4 Å². The summed E-state index contributed by atoms with van der Waals surface area (Å²) in [7, 11) is 4.16. The molecule has 0 bridgehead atoms. The molecule has 100 valence electrons. The van der Waals surface area contributed by atoms with Gasteiger partial charge in [-0.1, -0.05) is 30.3 Å². The standard InChI is InChI=1S/C14H19NO2.ClH/c1-15(2)11-6-12-17-14(16)10-9-13-7-4-3-5-8-13;/h3-5,7-10H,6,11-12H2,1-2H3;1H. The Morgan fingerprint density at radius 3 is 2.56 bits per heavy atom. The summed E-state index contributed by atoms with van der Waals surface area (Å²) in [5.74, 6) is -0.275. The number of ether oxygens (including phenoxy) is 1. The van der Waals surface area contributed by atoms with Crippen LogP contribution in [0, 0.1) is 0 Å². The predicted molar refractivity (Wildman–Crippen MR) is 68.7 cm³/mol. The van der Waals surface area contributed by atoms with Crippen LogP contribution in [0.1, 0.15) is 12.0 Å². The average molecular weight is 270 g/mol. The zero-order valence-electron chi connectivity index (χ0n) is 10.9. The van der Waals surface area contributed by atoms with Gasteiger partial charge in [0.2, 0.25) is 0 Å². The van der Waals surface area contributed by atoms with Crippen molar-refractivity contribution in [3.8, 4) is 0 Å². The summed E-state index contributed by atoms with van der Waals surface area (Å²) < 4.78 is 5.08. The van der Waals surface area contributed by atoms with Gasteiger partial charge in [-0.05, 0) is 11.6 Å². The molecule has 0 aliphatic rings. The van der Waals surface area contributed by atoms with Crippen LogP contribution in [-0.4, -0.2) is 33.2 Å². The molecule has 0 unspecified atom stereocenters. The van der Waals surface area contributed by atoms with Crippen molar-refractivity contribution in [2.24, 2.45) is 0 Å². The van der Waals surface area contributed by atoms with Crippen molar-refractivity contribution in [2.75, 3.05) is 27.2 Å². The van der Waals surface area contributed by atoms with Gasteiger partial charge in [0.05, 0.1) is 27.2 Å². The largest absolute Gasteiger partial charge is 1.00 e. The third-order valence-electron chi connectivity index (χ3n) is 2.28. The van der Waals surface area contributed by atoms with Gasteiger partial charge < -0.3 is 22.0 Å². The van der Waals surface area contributed by atoms with Gasteiger partial charge in [-0.15, -0.1) is 0 Å². The number of benzene rings is 1. The van der Waals surface area contributed by atoms with Gasteiger partial charge in [0.1, 0.15) is 0 Å². The molecule has 1 N–H and O–H groups in total. The molecule has 0 aromatic heterocycles. The molecule has 4 heteroatoms. The smallest absolute Gasteiger partial charge is 0.330 e. The molecule has 0 amide bonds. The Balaban J connectivity index is 0.00000289. The highest BCUT2D eigenvalue weighted by molar-refractivity contribution is 5.86. The van der Waals surface area contributed by atoms with E-state index in [-0.39, 0.29) is 18.4 Å². The summed E-state index contributed by atoms with van der Waals surface area (Å²) in [5, 5.41) is 0. The van der Waals surface area contributed by atoms with Gasteiger partial charge in [0.25, 0.3) is 0 Å². The highest BCUT2D eigenvalue weighted by Gasteiger charge is 1.98. The van der Waals surface area contributed by atoms with Crippen LogP contribution < -0.4 is 17.3 Å². The zero-order valence-corrected chi connectivity index (χ0v) is 11.6. The van der Waals surface area contributed by atoms with Crippen molar-refractivity contribution in [3.63, 3.8) is 0 Å². The van der Waals surface area contributed by atoms with Crippen LogP contribution in [0.4, 0.5) is 0 Å². The van der Waals surface area contributed by atoms with E-state index in [9.17, 15) is 4.79 Å². The first-order valence-corrected chi connectivity index (χ1v) is 5.87.